The van der Waals surface area contributed by atoms with E-state index in [1.54, 1.807) is 0 Å². The first-order valence-electron chi connectivity index (χ1n) is 6.01. The number of ether oxygens (including phenoxy) is 1. The third-order valence-electron chi connectivity index (χ3n) is 3.91. The molecule has 3 nitrogen and oxygen atoms in total. The average molecular weight is 306 g/mol. The summed E-state index contributed by atoms with van der Waals surface area (Å²) in [5.41, 5.74) is 0. The van der Waals surface area contributed by atoms with Crippen molar-refractivity contribution in [2.75, 3.05) is 0 Å². The highest BCUT2D eigenvalue weighted by atomic mass is 19.4. The minimum Gasteiger partial charge on any atom is -0.459 e. The first-order valence-corrected chi connectivity index (χ1v) is 6.01. The lowest BCUT2D eigenvalue weighted by molar-refractivity contribution is -0.289. The van der Waals surface area contributed by atoms with Gasteiger partial charge in [-0.3, -0.25) is 4.79 Å². The van der Waals surface area contributed by atoms with Crippen molar-refractivity contribution in [1.29, 1.82) is 0 Å². The number of esters is 1. The lowest BCUT2D eigenvalue weighted by atomic mass is 9.90. The number of aliphatic hydroxyl groups is 1. The minimum atomic E-state index is -5.41. The fourth-order valence-corrected chi connectivity index (χ4v) is 2.98. The van der Waals surface area contributed by atoms with Gasteiger partial charge in [-0.15, -0.1) is 0 Å². The molecular formula is C11H12F6O3. The van der Waals surface area contributed by atoms with Crippen LogP contribution in [0.4, 0.5) is 26.3 Å². The second-order valence-corrected chi connectivity index (χ2v) is 5.28. The van der Waals surface area contributed by atoms with Crippen LogP contribution in [0, 0.1) is 17.8 Å². The number of carbonyl (C=O) groups excluding carboxylic acids is 1. The molecule has 1 aliphatic heterocycles. The van der Waals surface area contributed by atoms with Crippen molar-refractivity contribution >= 4 is 5.97 Å². The number of rotatable bonds is 2. The second kappa shape index (κ2) is 4.78. The van der Waals surface area contributed by atoms with E-state index in [0.29, 0.717) is 0 Å². The molecule has 1 heterocycles. The van der Waals surface area contributed by atoms with E-state index in [0.717, 1.165) is 0 Å². The van der Waals surface area contributed by atoms with Crippen molar-refractivity contribution in [1.82, 2.24) is 0 Å². The molecule has 2 aliphatic rings. The quantitative estimate of drug-likeness (QED) is 0.629. The van der Waals surface area contributed by atoms with Crippen LogP contribution in [0.15, 0.2) is 0 Å². The molecule has 1 saturated carbocycles. The van der Waals surface area contributed by atoms with Crippen LogP contribution in [0.5, 0.6) is 0 Å². The Hall–Kier alpha value is -0.990. The van der Waals surface area contributed by atoms with Crippen molar-refractivity contribution in [2.45, 2.75) is 43.8 Å². The van der Waals surface area contributed by atoms with Gasteiger partial charge in [0.2, 0.25) is 0 Å². The van der Waals surface area contributed by atoms with E-state index in [-0.39, 0.29) is 12.8 Å². The molecule has 0 spiro atoms. The van der Waals surface area contributed by atoms with Gasteiger partial charge in [-0.05, 0) is 24.7 Å². The molecule has 9 heteroatoms. The standard InChI is InChI=1S/C11H12F6O3/c12-10(13,14)6(11(15,16)17)2-5-1-4-3-7(18)20-9(5)8(4)19/h4-6,8-9,19H,1-3H2. The molecular weight excluding hydrogens is 294 g/mol. The topological polar surface area (TPSA) is 46.5 Å². The van der Waals surface area contributed by atoms with Crippen LogP contribution < -0.4 is 0 Å². The first-order chi connectivity index (χ1) is 9.00. The van der Waals surface area contributed by atoms with Gasteiger partial charge in [-0.25, -0.2) is 0 Å². The molecule has 2 fully saturated rings. The normalized spacial score (nSPS) is 34.5. The SMILES string of the molecule is O=C1CC2CC(CC(C(F)(F)F)C(F)(F)F)C(O1)C2O. The van der Waals surface area contributed by atoms with E-state index in [9.17, 15) is 36.2 Å². The molecule has 0 amide bonds. The molecule has 0 aromatic heterocycles. The van der Waals surface area contributed by atoms with Crippen LogP contribution in [0.3, 0.4) is 0 Å². The number of alkyl halides is 6. The summed E-state index contributed by atoms with van der Waals surface area (Å²) in [6.45, 7) is 0. The summed E-state index contributed by atoms with van der Waals surface area (Å²) in [5, 5.41) is 9.68. The number of carbonyl (C=O) groups is 1. The van der Waals surface area contributed by atoms with Crippen LogP contribution in [-0.2, 0) is 9.53 Å². The van der Waals surface area contributed by atoms with E-state index >= 15 is 0 Å². The van der Waals surface area contributed by atoms with E-state index in [2.05, 4.69) is 0 Å². The van der Waals surface area contributed by atoms with Gasteiger partial charge >= 0.3 is 18.3 Å². The fourth-order valence-electron chi connectivity index (χ4n) is 2.98. The van der Waals surface area contributed by atoms with Crippen molar-refractivity contribution in [3.05, 3.63) is 0 Å². The van der Waals surface area contributed by atoms with Crippen LogP contribution in [0.1, 0.15) is 19.3 Å². The van der Waals surface area contributed by atoms with Crippen LogP contribution in [-0.4, -0.2) is 35.6 Å². The van der Waals surface area contributed by atoms with Crippen LogP contribution in [0.2, 0.25) is 0 Å². The summed E-state index contributed by atoms with van der Waals surface area (Å²) in [6.07, 6.45) is -14.7. The fraction of sp³-hybridized carbons (Fsp3) is 0.909. The summed E-state index contributed by atoms with van der Waals surface area (Å²) in [7, 11) is 0. The zero-order valence-corrected chi connectivity index (χ0v) is 10.0. The summed E-state index contributed by atoms with van der Waals surface area (Å²) >= 11 is 0. The molecule has 2 bridgehead atoms. The summed E-state index contributed by atoms with van der Waals surface area (Å²) in [5.74, 6) is -5.91. The lowest BCUT2D eigenvalue weighted by Crippen LogP contribution is -2.42. The molecule has 0 radical (unpaired) electrons. The van der Waals surface area contributed by atoms with E-state index < -0.39 is 54.7 Å². The summed E-state index contributed by atoms with van der Waals surface area (Å²) < 4.78 is 79.7. The van der Waals surface area contributed by atoms with Crippen LogP contribution in [0.25, 0.3) is 0 Å². The third-order valence-corrected chi connectivity index (χ3v) is 3.91. The van der Waals surface area contributed by atoms with E-state index in [1.165, 1.54) is 0 Å². The van der Waals surface area contributed by atoms with Gasteiger partial charge < -0.3 is 9.84 Å². The lowest BCUT2D eigenvalue weighted by Gasteiger charge is -2.29. The Kier molecular flexibility index (Phi) is 3.68. The van der Waals surface area contributed by atoms with E-state index in [1.807, 2.05) is 0 Å². The molecule has 0 aromatic carbocycles. The molecule has 116 valence electrons. The number of aliphatic hydroxyl groups excluding tert-OH is 1. The number of fused-ring (bicyclic) bond motifs is 2. The third kappa shape index (κ3) is 2.87. The van der Waals surface area contributed by atoms with Gasteiger partial charge in [0.15, 0.2) is 5.92 Å². The molecule has 4 atom stereocenters. The zero-order valence-electron chi connectivity index (χ0n) is 10.0. The highest BCUT2D eigenvalue weighted by Gasteiger charge is 2.60. The average Bonchev–Trinajstić information content (AvgIpc) is 2.43. The Morgan fingerprint density at radius 2 is 1.75 bits per heavy atom. The second-order valence-electron chi connectivity index (χ2n) is 5.28. The number of hydrogen-bond acceptors (Lipinski definition) is 3. The Balaban J connectivity index is 2.14. The Bertz CT molecular complexity index is 377. The molecule has 1 N–H and O–H groups in total. The van der Waals surface area contributed by atoms with Crippen LogP contribution >= 0.6 is 0 Å². The van der Waals surface area contributed by atoms with Crippen molar-refractivity contribution in [3.8, 4) is 0 Å². The maximum Gasteiger partial charge on any atom is 0.400 e. The Labute approximate surface area is 109 Å². The molecule has 4 unspecified atom stereocenters. The number of hydrogen-bond donors (Lipinski definition) is 1. The monoisotopic (exact) mass is 306 g/mol. The number of halogens is 6. The van der Waals surface area contributed by atoms with Gasteiger partial charge in [-0.2, -0.15) is 26.3 Å². The molecule has 0 aromatic rings. The Morgan fingerprint density at radius 1 is 1.20 bits per heavy atom. The van der Waals surface area contributed by atoms with Gasteiger partial charge in [0.05, 0.1) is 12.5 Å². The van der Waals surface area contributed by atoms with E-state index in [4.69, 9.17) is 4.74 Å². The summed E-state index contributed by atoms with van der Waals surface area (Å²) in [6, 6.07) is 0. The molecule has 2 rings (SSSR count). The van der Waals surface area contributed by atoms with Gasteiger partial charge in [0.25, 0.3) is 0 Å². The predicted octanol–water partition coefficient (Wildman–Crippen LogP) is 2.43. The summed E-state index contributed by atoms with van der Waals surface area (Å²) in [4.78, 5) is 11.1. The maximum absolute atomic E-state index is 12.5. The highest BCUT2D eigenvalue weighted by molar-refractivity contribution is 5.71. The largest absolute Gasteiger partial charge is 0.459 e. The Morgan fingerprint density at radius 3 is 2.25 bits per heavy atom. The smallest absolute Gasteiger partial charge is 0.400 e. The molecule has 1 saturated heterocycles. The van der Waals surface area contributed by atoms with Gasteiger partial charge in [-0.1, -0.05) is 0 Å². The van der Waals surface area contributed by atoms with Crippen molar-refractivity contribution in [2.24, 2.45) is 17.8 Å². The minimum absolute atomic E-state index is 0.0692. The van der Waals surface area contributed by atoms with Gasteiger partial charge in [0.1, 0.15) is 6.10 Å². The first kappa shape index (κ1) is 15.4. The van der Waals surface area contributed by atoms with Crippen molar-refractivity contribution in [3.63, 3.8) is 0 Å². The highest BCUT2D eigenvalue weighted by Crippen LogP contribution is 2.49. The molecule has 1 aliphatic carbocycles. The molecule has 20 heavy (non-hydrogen) atoms. The predicted molar refractivity (Wildman–Crippen MR) is 52.3 cm³/mol. The maximum atomic E-state index is 12.5. The van der Waals surface area contributed by atoms with Gasteiger partial charge in [0, 0.05) is 0 Å². The zero-order chi connectivity index (χ0) is 15.3. The van der Waals surface area contributed by atoms with Crippen molar-refractivity contribution < 1.29 is 41.0 Å².